The molecule has 0 saturated carbocycles. The molecular formula is C15H23FN2O. The summed E-state index contributed by atoms with van der Waals surface area (Å²) >= 11 is 0. The fourth-order valence-corrected chi connectivity index (χ4v) is 2.00. The molecule has 1 amide bonds. The number of benzene rings is 1. The molecule has 19 heavy (non-hydrogen) atoms. The second-order valence-corrected chi connectivity index (χ2v) is 6.05. The average Bonchev–Trinajstić information content (AvgIpc) is 2.32. The molecule has 3 nitrogen and oxygen atoms in total. The van der Waals surface area contributed by atoms with E-state index in [-0.39, 0.29) is 23.1 Å². The van der Waals surface area contributed by atoms with Gasteiger partial charge >= 0.3 is 0 Å². The molecule has 0 aliphatic carbocycles. The molecular weight excluding hydrogens is 243 g/mol. The first kappa shape index (κ1) is 15.6. The summed E-state index contributed by atoms with van der Waals surface area (Å²) in [5.74, 6) is -0.563. The van der Waals surface area contributed by atoms with Crippen molar-refractivity contribution in [1.29, 1.82) is 0 Å². The average molecular weight is 266 g/mol. The Labute approximate surface area is 114 Å². The van der Waals surface area contributed by atoms with Gasteiger partial charge in [-0.2, -0.15) is 0 Å². The van der Waals surface area contributed by atoms with Crippen molar-refractivity contribution in [3.8, 4) is 0 Å². The predicted molar refractivity (Wildman–Crippen MR) is 74.9 cm³/mol. The van der Waals surface area contributed by atoms with E-state index in [1.807, 2.05) is 0 Å². The van der Waals surface area contributed by atoms with Crippen molar-refractivity contribution in [3.63, 3.8) is 0 Å². The molecule has 4 heteroatoms. The van der Waals surface area contributed by atoms with Gasteiger partial charge in [0.05, 0.1) is 5.92 Å². The predicted octanol–water partition coefficient (Wildman–Crippen LogP) is 2.45. The lowest BCUT2D eigenvalue weighted by atomic mass is 9.84. The van der Waals surface area contributed by atoms with E-state index in [0.29, 0.717) is 13.1 Å². The summed E-state index contributed by atoms with van der Waals surface area (Å²) in [5, 5.41) is 2.81. The molecule has 106 valence electrons. The van der Waals surface area contributed by atoms with Gasteiger partial charge in [-0.1, -0.05) is 32.9 Å². The standard InChI is InChI=1S/C15H23FN2O/c1-15(2,3)8-12(9-17)14(19)18-10-11-5-4-6-13(16)7-11/h4-7,12H,8-10,17H2,1-3H3,(H,18,19). The van der Waals surface area contributed by atoms with Gasteiger partial charge in [-0.05, 0) is 29.5 Å². The van der Waals surface area contributed by atoms with Crippen LogP contribution in [-0.2, 0) is 11.3 Å². The fourth-order valence-electron chi connectivity index (χ4n) is 2.00. The monoisotopic (exact) mass is 266 g/mol. The zero-order chi connectivity index (χ0) is 14.5. The van der Waals surface area contributed by atoms with Crippen LogP contribution in [0.5, 0.6) is 0 Å². The molecule has 1 unspecified atom stereocenters. The number of amides is 1. The van der Waals surface area contributed by atoms with E-state index in [0.717, 1.165) is 12.0 Å². The van der Waals surface area contributed by atoms with E-state index >= 15 is 0 Å². The smallest absolute Gasteiger partial charge is 0.224 e. The Morgan fingerprint density at radius 2 is 2.11 bits per heavy atom. The quantitative estimate of drug-likeness (QED) is 0.860. The number of halogens is 1. The Kier molecular flexibility index (Phi) is 5.48. The Bertz CT molecular complexity index is 426. The summed E-state index contributed by atoms with van der Waals surface area (Å²) in [7, 11) is 0. The molecule has 1 aromatic rings. The van der Waals surface area contributed by atoms with Crippen molar-refractivity contribution < 1.29 is 9.18 Å². The van der Waals surface area contributed by atoms with E-state index < -0.39 is 0 Å². The molecule has 3 N–H and O–H groups in total. The minimum atomic E-state index is -0.295. The van der Waals surface area contributed by atoms with Crippen LogP contribution in [0.15, 0.2) is 24.3 Å². The second kappa shape index (κ2) is 6.66. The third-order valence-electron chi connectivity index (χ3n) is 2.87. The van der Waals surface area contributed by atoms with Gasteiger partial charge in [0.2, 0.25) is 5.91 Å². The summed E-state index contributed by atoms with van der Waals surface area (Å²) in [5.41, 5.74) is 6.46. The van der Waals surface area contributed by atoms with Crippen molar-refractivity contribution in [3.05, 3.63) is 35.6 Å². The lowest BCUT2D eigenvalue weighted by Crippen LogP contribution is -2.36. The Hall–Kier alpha value is -1.42. The number of rotatable bonds is 5. The first-order valence-corrected chi connectivity index (χ1v) is 6.54. The third-order valence-corrected chi connectivity index (χ3v) is 2.87. The Balaban J connectivity index is 2.54. The van der Waals surface area contributed by atoms with Crippen LogP contribution in [0.2, 0.25) is 0 Å². The number of hydrogen-bond acceptors (Lipinski definition) is 2. The van der Waals surface area contributed by atoms with E-state index in [9.17, 15) is 9.18 Å². The van der Waals surface area contributed by atoms with Gasteiger partial charge in [0.15, 0.2) is 0 Å². The van der Waals surface area contributed by atoms with Crippen molar-refractivity contribution in [2.75, 3.05) is 6.54 Å². The summed E-state index contributed by atoms with van der Waals surface area (Å²) < 4.78 is 13.0. The Morgan fingerprint density at radius 1 is 1.42 bits per heavy atom. The van der Waals surface area contributed by atoms with Crippen LogP contribution < -0.4 is 11.1 Å². The molecule has 0 radical (unpaired) electrons. The van der Waals surface area contributed by atoms with Gasteiger partial charge in [0.1, 0.15) is 5.82 Å². The van der Waals surface area contributed by atoms with Crippen LogP contribution in [0.3, 0.4) is 0 Å². The van der Waals surface area contributed by atoms with Crippen LogP contribution in [-0.4, -0.2) is 12.5 Å². The highest BCUT2D eigenvalue weighted by molar-refractivity contribution is 5.78. The summed E-state index contributed by atoms with van der Waals surface area (Å²) in [4.78, 5) is 12.0. The normalized spacial score (nSPS) is 13.1. The highest BCUT2D eigenvalue weighted by atomic mass is 19.1. The molecule has 0 heterocycles. The van der Waals surface area contributed by atoms with Crippen molar-refractivity contribution in [2.24, 2.45) is 17.1 Å². The maximum absolute atomic E-state index is 13.0. The van der Waals surface area contributed by atoms with Gasteiger partial charge in [-0.15, -0.1) is 0 Å². The van der Waals surface area contributed by atoms with Crippen LogP contribution >= 0.6 is 0 Å². The number of carbonyl (C=O) groups is 1. The van der Waals surface area contributed by atoms with Gasteiger partial charge in [-0.3, -0.25) is 4.79 Å². The van der Waals surface area contributed by atoms with Gasteiger partial charge in [-0.25, -0.2) is 4.39 Å². The minimum absolute atomic E-state index is 0.0558. The van der Waals surface area contributed by atoms with Gasteiger partial charge in [0, 0.05) is 13.1 Å². The zero-order valence-corrected chi connectivity index (χ0v) is 11.9. The minimum Gasteiger partial charge on any atom is -0.352 e. The van der Waals surface area contributed by atoms with E-state index in [2.05, 4.69) is 26.1 Å². The number of nitrogens with two attached hydrogens (primary N) is 1. The number of nitrogens with one attached hydrogen (secondary N) is 1. The topological polar surface area (TPSA) is 55.1 Å². The highest BCUT2D eigenvalue weighted by Crippen LogP contribution is 2.24. The third kappa shape index (κ3) is 5.83. The van der Waals surface area contributed by atoms with Gasteiger partial charge in [0.25, 0.3) is 0 Å². The molecule has 1 atom stereocenters. The summed E-state index contributed by atoms with van der Waals surface area (Å²) in [6.45, 7) is 6.89. The van der Waals surface area contributed by atoms with Gasteiger partial charge < -0.3 is 11.1 Å². The zero-order valence-electron chi connectivity index (χ0n) is 11.9. The largest absolute Gasteiger partial charge is 0.352 e. The number of carbonyl (C=O) groups excluding carboxylic acids is 1. The molecule has 0 aromatic heterocycles. The SMILES string of the molecule is CC(C)(C)CC(CN)C(=O)NCc1cccc(F)c1. The van der Waals surface area contributed by atoms with Crippen molar-refractivity contribution >= 4 is 5.91 Å². The molecule has 0 saturated heterocycles. The lowest BCUT2D eigenvalue weighted by molar-refractivity contribution is -0.125. The molecule has 0 spiro atoms. The molecule has 1 aromatic carbocycles. The molecule has 0 bridgehead atoms. The fraction of sp³-hybridized carbons (Fsp3) is 0.533. The highest BCUT2D eigenvalue weighted by Gasteiger charge is 2.23. The summed E-state index contributed by atoms with van der Waals surface area (Å²) in [6, 6.07) is 6.21. The number of hydrogen-bond donors (Lipinski definition) is 2. The first-order chi connectivity index (χ1) is 8.81. The van der Waals surface area contributed by atoms with E-state index in [1.165, 1.54) is 12.1 Å². The van der Waals surface area contributed by atoms with Crippen LogP contribution in [0, 0.1) is 17.2 Å². The second-order valence-electron chi connectivity index (χ2n) is 6.05. The Morgan fingerprint density at radius 3 is 2.63 bits per heavy atom. The van der Waals surface area contributed by atoms with E-state index in [1.54, 1.807) is 12.1 Å². The maximum atomic E-state index is 13.0. The molecule has 1 rings (SSSR count). The molecule has 0 fully saturated rings. The summed E-state index contributed by atoms with van der Waals surface area (Å²) in [6.07, 6.45) is 0.735. The lowest BCUT2D eigenvalue weighted by Gasteiger charge is -2.24. The van der Waals surface area contributed by atoms with Crippen LogP contribution in [0.4, 0.5) is 4.39 Å². The van der Waals surface area contributed by atoms with E-state index in [4.69, 9.17) is 5.73 Å². The van der Waals surface area contributed by atoms with Crippen LogP contribution in [0.25, 0.3) is 0 Å². The maximum Gasteiger partial charge on any atom is 0.224 e. The van der Waals surface area contributed by atoms with Crippen molar-refractivity contribution in [2.45, 2.75) is 33.7 Å². The van der Waals surface area contributed by atoms with Crippen LogP contribution in [0.1, 0.15) is 32.8 Å². The van der Waals surface area contributed by atoms with Crippen molar-refractivity contribution in [1.82, 2.24) is 5.32 Å². The first-order valence-electron chi connectivity index (χ1n) is 6.54. The molecule has 0 aliphatic rings. The molecule has 0 aliphatic heterocycles.